The van der Waals surface area contributed by atoms with Gasteiger partial charge in [-0.05, 0) is 54.7 Å². The van der Waals surface area contributed by atoms with Gasteiger partial charge in [-0.2, -0.15) is 4.79 Å². The molecular weight excluding hydrogens is 678 g/mol. The SMILES string of the molecule is COc1cc(COc2c(OC)cc(Br)cc2C(=[N+]=[N-])C(=O)O[C@@H](C(=O)N2CCCCC2)c2ccccc2)ccc1OCc1ccccc1. The molecule has 1 aliphatic heterocycles. The van der Waals surface area contributed by atoms with Crippen molar-refractivity contribution in [2.45, 2.75) is 38.6 Å². The maximum atomic E-state index is 13.7. The second-order valence-corrected chi connectivity index (χ2v) is 12.0. The van der Waals surface area contributed by atoms with Gasteiger partial charge in [0.2, 0.25) is 6.10 Å². The Labute approximate surface area is 287 Å². The van der Waals surface area contributed by atoms with Crippen molar-refractivity contribution in [1.29, 1.82) is 0 Å². The number of hydrogen-bond donors (Lipinski definition) is 0. The van der Waals surface area contributed by atoms with Crippen LogP contribution in [0.25, 0.3) is 5.53 Å². The van der Waals surface area contributed by atoms with Crippen molar-refractivity contribution in [2.24, 2.45) is 0 Å². The van der Waals surface area contributed by atoms with Gasteiger partial charge in [-0.1, -0.05) is 82.7 Å². The van der Waals surface area contributed by atoms with Gasteiger partial charge in [0.05, 0.1) is 14.2 Å². The average molecular weight is 715 g/mol. The number of rotatable bonds is 13. The molecule has 5 rings (SSSR count). The molecule has 248 valence electrons. The molecule has 0 saturated carbocycles. The Morgan fingerprint density at radius 1 is 0.792 bits per heavy atom. The summed E-state index contributed by atoms with van der Waals surface area (Å²) in [5.41, 5.74) is 12.1. The van der Waals surface area contributed by atoms with E-state index in [0.717, 1.165) is 30.4 Å². The van der Waals surface area contributed by atoms with E-state index >= 15 is 0 Å². The van der Waals surface area contributed by atoms with Crippen molar-refractivity contribution in [3.63, 3.8) is 0 Å². The summed E-state index contributed by atoms with van der Waals surface area (Å²) < 4.78 is 29.7. The number of carbonyl (C=O) groups is 2. The lowest BCUT2D eigenvalue weighted by atomic mass is 10.0. The molecule has 10 nitrogen and oxygen atoms in total. The fourth-order valence-electron chi connectivity index (χ4n) is 5.39. The average Bonchev–Trinajstić information content (AvgIpc) is 3.13. The second-order valence-electron chi connectivity index (χ2n) is 11.1. The Morgan fingerprint density at radius 3 is 2.12 bits per heavy atom. The van der Waals surface area contributed by atoms with Gasteiger partial charge < -0.3 is 34.1 Å². The zero-order valence-corrected chi connectivity index (χ0v) is 28.4. The van der Waals surface area contributed by atoms with Gasteiger partial charge in [0, 0.05) is 23.1 Å². The quantitative estimate of drug-likeness (QED) is 0.0637. The summed E-state index contributed by atoms with van der Waals surface area (Å²) in [6.45, 7) is 1.56. The number of hydrogen-bond acceptors (Lipinski definition) is 7. The minimum Gasteiger partial charge on any atom is -0.493 e. The molecule has 1 amide bonds. The van der Waals surface area contributed by atoms with Crippen LogP contribution in [0.2, 0.25) is 0 Å². The van der Waals surface area contributed by atoms with E-state index in [0.29, 0.717) is 41.2 Å². The Balaban J connectivity index is 1.38. The van der Waals surface area contributed by atoms with Crippen LogP contribution in [0.5, 0.6) is 23.0 Å². The van der Waals surface area contributed by atoms with E-state index in [1.165, 1.54) is 7.11 Å². The minimum atomic E-state index is -1.23. The van der Waals surface area contributed by atoms with E-state index in [1.807, 2.05) is 42.5 Å². The maximum Gasteiger partial charge on any atom is 0.423 e. The molecule has 0 spiro atoms. The zero-order valence-electron chi connectivity index (χ0n) is 26.8. The summed E-state index contributed by atoms with van der Waals surface area (Å²) in [7, 11) is 3.01. The number of benzene rings is 4. The summed E-state index contributed by atoms with van der Waals surface area (Å²) in [5.74, 6) is 0.140. The van der Waals surface area contributed by atoms with Crippen molar-refractivity contribution >= 4 is 33.5 Å². The molecule has 1 heterocycles. The van der Waals surface area contributed by atoms with Crippen molar-refractivity contribution in [1.82, 2.24) is 4.90 Å². The molecule has 1 saturated heterocycles. The number of methoxy groups -OCH3 is 2. The van der Waals surface area contributed by atoms with E-state index < -0.39 is 17.8 Å². The van der Waals surface area contributed by atoms with E-state index in [4.69, 9.17) is 23.7 Å². The van der Waals surface area contributed by atoms with Crippen LogP contribution >= 0.6 is 15.9 Å². The molecule has 1 atom stereocenters. The molecule has 0 aromatic heterocycles. The summed E-state index contributed by atoms with van der Waals surface area (Å²) in [6, 6.07) is 27.2. The predicted octanol–water partition coefficient (Wildman–Crippen LogP) is 6.94. The molecule has 1 fully saturated rings. The highest BCUT2D eigenvalue weighted by Crippen LogP contribution is 2.37. The fraction of sp³-hybridized carbons (Fsp3) is 0.270. The Hall–Kier alpha value is -5.12. The standard InChI is InChI=1S/C37H36BrN3O7/c1-44-31-20-26(16-17-30(31)46-23-25-12-6-3-7-13-25)24-47-35-29(21-28(38)22-32(35)45-2)33(40-39)37(43)48-34(27-14-8-4-9-15-27)36(42)41-18-10-5-11-19-41/h3-4,6-9,12-17,20-22,34H,5,10-11,18-19,23-24H2,1-2H3/t34-/m1/s1. The molecule has 0 N–H and O–H groups in total. The molecule has 0 unspecified atom stereocenters. The van der Waals surface area contributed by atoms with Crippen LogP contribution in [-0.4, -0.2) is 54.6 Å². The van der Waals surface area contributed by atoms with Crippen LogP contribution in [0.3, 0.4) is 0 Å². The van der Waals surface area contributed by atoms with Gasteiger partial charge >= 0.3 is 11.7 Å². The second kappa shape index (κ2) is 16.6. The van der Waals surface area contributed by atoms with E-state index in [1.54, 1.807) is 60.5 Å². The number of halogens is 1. The molecule has 11 heteroatoms. The Morgan fingerprint density at radius 2 is 1.46 bits per heavy atom. The first kappa shape index (κ1) is 34.2. The topological polar surface area (TPSA) is 120 Å². The number of nitrogens with zero attached hydrogens (tertiary/aromatic N) is 3. The van der Waals surface area contributed by atoms with Crippen LogP contribution in [0.4, 0.5) is 0 Å². The molecular formula is C37H36BrN3O7. The van der Waals surface area contributed by atoms with Crippen LogP contribution in [-0.2, 0) is 27.5 Å². The summed E-state index contributed by atoms with van der Waals surface area (Å²) in [4.78, 5) is 32.4. The lowest BCUT2D eigenvalue weighted by Crippen LogP contribution is -2.40. The van der Waals surface area contributed by atoms with Gasteiger partial charge in [-0.3, -0.25) is 4.79 Å². The molecule has 0 radical (unpaired) electrons. The monoisotopic (exact) mass is 713 g/mol. The highest BCUT2D eigenvalue weighted by atomic mass is 79.9. The smallest absolute Gasteiger partial charge is 0.423 e. The third-order valence-electron chi connectivity index (χ3n) is 7.86. The lowest BCUT2D eigenvalue weighted by molar-refractivity contribution is -0.158. The number of carbonyl (C=O) groups excluding carboxylic acids is 2. The normalized spacial score (nSPS) is 13.1. The fourth-order valence-corrected chi connectivity index (χ4v) is 5.83. The lowest BCUT2D eigenvalue weighted by Gasteiger charge is -2.30. The van der Waals surface area contributed by atoms with E-state index in [-0.39, 0.29) is 29.6 Å². The first-order chi connectivity index (χ1) is 23.4. The minimum absolute atomic E-state index is 0.0359. The molecule has 4 aromatic carbocycles. The number of ether oxygens (including phenoxy) is 5. The van der Waals surface area contributed by atoms with Crippen LogP contribution in [0.1, 0.15) is 47.6 Å². The number of amides is 1. The van der Waals surface area contributed by atoms with Crippen molar-refractivity contribution < 1.29 is 38.1 Å². The highest BCUT2D eigenvalue weighted by Gasteiger charge is 2.37. The summed E-state index contributed by atoms with van der Waals surface area (Å²) in [6.07, 6.45) is 1.55. The zero-order chi connectivity index (χ0) is 33.9. The third-order valence-corrected chi connectivity index (χ3v) is 8.31. The number of piperidine rings is 1. The van der Waals surface area contributed by atoms with Gasteiger partial charge in [-0.15, -0.1) is 0 Å². The Bertz CT molecular complexity index is 1770. The molecule has 0 aliphatic carbocycles. The Kier molecular flexibility index (Phi) is 11.9. The predicted molar refractivity (Wildman–Crippen MR) is 182 cm³/mol. The van der Waals surface area contributed by atoms with Gasteiger partial charge in [0.1, 0.15) is 18.8 Å². The van der Waals surface area contributed by atoms with Gasteiger partial charge in [0.25, 0.3) is 5.91 Å². The maximum absolute atomic E-state index is 13.7. The van der Waals surface area contributed by atoms with Crippen molar-refractivity contribution in [2.75, 3.05) is 27.3 Å². The summed E-state index contributed by atoms with van der Waals surface area (Å²) >= 11 is 3.44. The molecule has 48 heavy (non-hydrogen) atoms. The van der Waals surface area contributed by atoms with E-state index in [9.17, 15) is 15.1 Å². The first-order valence-corrected chi connectivity index (χ1v) is 16.3. The third kappa shape index (κ3) is 8.42. The first-order valence-electron chi connectivity index (χ1n) is 15.5. The van der Waals surface area contributed by atoms with Gasteiger partial charge in [-0.25, -0.2) is 4.79 Å². The van der Waals surface area contributed by atoms with E-state index in [2.05, 4.69) is 20.7 Å². The van der Waals surface area contributed by atoms with Crippen LogP contribution < -0.4 is 18.9 Å². The largest absolute Gasteiger partial charge is 0.493 e. The molecule has 4 aromatic rings. The van der Waals surface area contributed by atoms with Crippen LogP contribution in [0.15, 0.2) is 95.5 Å². The van der Waals surface area contributed by atoms with Crippen molar-refractivity contribution in [3.05, 3.63) is 123 Å². The molecule has 1 aliphatic rings. The molecule has 0 bridgehead atoms. The van der Waals surface area contributed by atoms with Gasteiger partial charge in [0.15, 0.2) is 23.0 Å². The van der Waals surface area contributed by atoms with Crippen molar-refractivity contribution in [3.8, 4) is 23.0 Å². The number of likely N-dealkylation sites (tertiary alicyclic amines) is 1. The van der Waals surface area contributed by atoms with Crippen LogP contribution in [0, 0.1) is 0 Å². The highest BCUT2D eigenvalue weighted by molar-refractivity contribution is 9.10. The summed E-state index contributed by atoms with van der Waals surface area (Å²) in [5, 5.41) is 0. The number of esters is 1.